The van der Waals surface area contributed by atoms with Gasteiger partial charge in [0, 0.05) is 31.0 Å². The van der Waals surface area contributed by atoms with E-state index < -0.39 is 0 Å². The molecule has 7 nitrogen and oxygen atoms in total. The first-order valence-corrected chi connectivity index (χ1v) is 11.1. The third kappa shape index (κ3) is 4.87. The fourth-order valence-corrected chi connectivity index (χ4v) is 4.08. The Morgan fingerprint density at radius 3 is 2.56 bits per heavy atom. The van der Waals surface area contributed by atoms with E-state index in [1.807, 2.05) is 36.8 Å². The monoisotopic (exact) mass is 435 g/mol. The number of nitrogens with two attached hydrogens (primary N) is 1. The van der Waals surface area contributed by atoms with Gasteiger partial charge in [0.15, 0.2) is 0 Å². The van der Waals surface area contributed by atoms with Crippen LogP contribution < -0.4 is 10.9 Å². The Morgan fingerprint density at radius 2 is 1.84 bits per heavy atom. The van der Waals surface area contributed by atoms with Gasteiger partial charge in [0.05, 0.1) is 17.1 Å². The number of imidazole rings is 1. The maximum atomic E-state index is 13.5. The number of aryl methyl sites for hydroxylation is 1. The van der Waals surface area contributed by atoms with Crippen LogP contribution in [0.15, 0.2) is 42.6 Å². The average molecular weight is 436 g/mol. The summed E-state index contributed by atoms with van der Waals surface area (Å²) in [6.45, 7) is 7.68. The minimum Gasteiger partial charge on any atom is -0.302 e. The van der Waals surface area contributed by atoms with E-state index >= 15 is 0 Å². The maximum absolute atomic E-state index is 13.5. The summed E-state index contributed by atoms with van der Waals surface area (Å²) < 4.78 is 15.5. The predicted octanol–water partition coefficient (Wildman–Crippen LogP) is 4.11. The average Bonchev–Trinajstić information content (AvgIpc) is 3.15. The zero-order chi connectivity index (χ0) is 22.5. The minimum absolute atomic E-state index is 0.281. The number of aromatic nitrogens is 4. The Kier molecular flexibility index (Phi) is 6.92. The van der Waals surface area contributed by atoms with Gasteiger partial charge in [0.1, 0.15) is 11.6 Å². The van der Waals surface area contributed by atoms with Gasteiger partial charge in [-0.15, -0.1) is 0 Å². The van der Waals surface area contributed by atoms with Crippen molar-refractivity contribution < 1.29 is 4.39 Å². The van der Waals surface area contributed by atoms with Crippen LogP contribution in [0, 0.1) is 12.7 Å². The van der Waals surface area contributed by atoms with Crippen molar-refractivity contribution in [2.75, 3.05) is 31.2 Å². The first-order valence-electron chi connectivity index (χ1n) is 11.1. The van der Waals surface area contributed by atoms with Crippen LogP contribution >= 0.6 is 0 Å². The van der Waals surface area contributed by atoms with E-state index in [2.05, 4.69) is 9.88 Å². The number of likely N-dealkylation sites (tertiary alicyclic amines) is 1. The molecular formula is C24H30FN7. The number of rotatable bonds is 7. The summed E-state index contributed by atoms with van der Waals surface area (Å²) in [5.74, 6) is 7.33. The lowest BCUT2D eigenvalue weighted by Gasteiger charge is -2.28. The summed E-state index contributed by atoms with van der Waals surface area (Å²) in [5.41, 5.74) is 3.09. The quantitative estimate of drug-likeness (QED) is 0.445. The predicted molar refractivity (Wildman–Crippen MR) is 126 cm³/mol. The number of piperidine rings is 1. The smallest absolute Gasteiger partial charge is 0.240 e. The molecule has 0 amide bonds. The highest BCUT2D eigenvalue weighted by molar-refractivity contribution is 5.79. The second kappa shape index (κ2) is 10.0. The van der Waals surface area contributed by atoms with Crippen LogP contribution in [-0.2, 0) is 0 Å². The normalized spacial score (nSPS) is 14.9. The standard InChI is InChI=1S/C24H30FN7/c1-3-13-31-18(2)28-22(19-7-9-20(25)10-8-19)23(31)21-11-12-27-24(29-21)32(26)17-16-30-14-5-4-6-15-30/h3,7-13H,4-6,14-17,26H2,1-2H3/b13-3-. The van der Waals surface area contributed by atoms with E-state index in [9.17, 15) is 4.39 Å². The maximum Gasteiger partial charge on any atom is 0.240 e. The number of anilines is 1. The Balaban J connectivity index is 1.66. The van der Waals surface area contributed by atoms with Gasteiger partial charge in [-0.05, 0) is 70.1 Å². The van der Waals surface area contributed by atoms with Gasteiger partial charge in [0.25, 0.3) is 0 Å². The molecule has 8 heteroatoms. The Morgan fingerprint density at radius 1 is 1.09 bits per heavy atom. The van der Waals surface area contributed by atoms with Crippen molar-refractivity contribution in [2.45, 2.75) is 33.1 Å². The number of hydrazine groups is 1. The van der Waals surface area contributed by atoms with Crippen LogP contribution in [0.5, 0.6) is 0 Å². The van der Waals surface area contributed by atoms with Crippen LogP contribution in [-0.4, -0.2) is 50.6 Å². The van der Waals surface area contributed by atoms with Gasteiger partial charge in [-0.3, -0.25) is 5.01 Å². The zero-order valence-corrected chi connectivity index (χ0v) is 18.7. The molecule has 32 heavy (non-hydrogen) atoms. The summed E-state index contributed by atoms with van der Waals surface area (Å²) in [5, 5.41) is 1.61. The highest BCUT2D eigenvalue weighted by Gasteiger charge is 2.20. The molecular weight excluding hydrogens is 405 g/mol. The summed E-state index contributed by atoms with van der Waals surface area (Å²) in [6.07, 6.45) is 9.42. The van der Waals surface area contributed by atoms with E-state index in [4.69, 9.17) is 15.8 Å². The van der Waals surface area contributed by atoms with E-state index in [0.29, 0.717) is 18.2 Å². The van der Waals surface area contributed by atoms with Crippen LogP contribution in [0.3, 0.4) is 0 Å². The fourth-order valence-electron chi connectivity index (χ4n) is 4.08. The summed E-state index contributed by atoms with van der Waals surface area (Å²) in [7, 11) is 0. The summed E-state index contributed by atoms with van der Waals surface area (Å²) in [4.78, 5) is 16.4. The molecule has 1 saturated heterocycles. The van der Waals surface area contributed by atoms with Crippen LogP contribution in [0.4, 0.5) is 10.3 Å². The van der Waals surface area contributed by atoms with Crippen molar-refractivity contribution in [3.8, 4) is 22.6 Å². The lowest BCUT2D eigenvalue weighted by atomic mass is 10.1. The highest BCUT2D eigenvalue weighted by atomic mass is 19.1. The van der Waals surface area contributed by atoms with Gasteiger partial charge in [-0.25, -0.2) is 25.2 Å². The highest BCUT2D eigenvalue weighted by Crippen LogP contribution is 2.32. The third-order valence-corrected chi connectivity index (χ3v) is 5.75. The van der Waals surface area contributed by atoms with Gasteiger partial charge in [-0.2, -0.15) is 0 Å². The summed E-state index contributed by atoms with van der Waals surface area (Å²) >= 11 is 0. The Labute approximate surface area is 188 Å². The Hall–Kier alpha value is -3.10. The molecule has 0 unspecified atom stereocenters. The molecule has 0 radical (unpaired) electrons. The van der Waals surface area contributed by atoms with Crippen molar-refractivity contribution in [1.82, 2.24) is 24.4 Å². The molecule has 4 rings (SSSR count). The molecule has 2 N–H and O–H groups in total. The third-order valence-electron chi connectivity index (χ3n) is 5.75. The second-order valence-electron chi connectivity index (χ2n) is 8.05. The van der Waals surface area contributed by atoms with E-state index in [0.717, 1.165) is 42.4 Å². The molecule has 0 saturated carbocycles. The largest absolute Gasteiger partial charge is 0.302 e. The van der Waals surface area contributed by atoms with Crippen LogP contribution in [0.2, 0.25) is 0 Å². The number of hydrogen-bond acceptors (Lipinski definition) is 6. The molecule has 3 heterocycles. The van der Waals surface area contributed by atoms with Gasteiger partial charge >= 0.3 is 0 Å². The number of allylic oxidation sites excluding steroid dienone is 1. The van der Waals surface area contributed by atoms with Crippen molar-refractivity contribution >= 4 is 12.1 Å². The van der Waals surface area contributed by atoms with E-state index in [-0.39, 0.29) is 5.82 Å². The topological polar surface area (TPSA) is 76.1 Å². The molecule has 0 atom stereocenters. The molecule has 1 aliphatic heterocycles. The van der Waals surface area contributed by atoms with Crippen molar-refractivity contribution in [3.63, 3.8) is 0 Å². The lowest BCUT2D eigenvalue weighted by molar-refractivity contribution is 0.233. The van der Waals surface area contributed by atoms with E-state index in [1.165, 1.54) is 31.4 Å². The number of benzene rings is 1. The summed E-state index contributed by atoms with van der Waals surface area (Å²) in [6, 6.07) is 8.20. The number of hydrogen-bond donors (Lipinski definition) is 1. The minimum atomic E-state index is -0.281. The van der Waals surface area contributed by atoms with Crippen molar-refractivity contribution in [3.05, 3.63) is 54.2 Å². The molecule has 3 aromatic rings. The van der Waals surface area contributed by atoms with Gasteiger partial charge in [-0.1, -0.05) is 12.5 Å². The Bertz CT molecular complexity index is 1070. The van der Waals surface area contributed by atoms with Crippen molar-refractivity contribution in [1.29, 1.82) is 0 Å². The first kappa shape index (κ1) is 22.1. The van der Waals surface area contributed by atoms with Gasteiger partial charge in [0.2, 0.25) is 5.95 Å². The molecule has 168 valence electrons. The molecule has 1 fully saturated rings. The molecule has 0 aliphatic carbocycles. The first-order chi connectivity index (χ1) is 15.6. The zero-order valence-electron chi connectivity index (χ0n) is 18.7. The molecule has 1 aliphatic rings. The lowest BCUT2D eigenvalue weighted by Crippen LogP contribution is -2.41. The molecule has 2 aromatic heterocycles. The van der Waals surface area contributed by atoms with Crippen LogP contribution in [0.25, 0.3) is 28.8 Å². The number of nitrogens with zero attached hydrogens (tertiary/aromatic N) is 6. The second-order valence-corrected chi connectivity index (χ2v) is 8.05. The molecule has 1 aromatic carbocycles. The van der Waals surface area contributed by atoms with E-state index in [1.54, 1.807) is 23.3 Å². The fraction of sp³-hybridized carbons (Fsp3) is 0.375. The van der Waals surface area contributed by atoms with Gasteiger partial charge < -0.3 is 9.47 Å². The van der Waals surface area contributed by atoms with Crippen LogP contribution in [0.1, 0.15) is 32.0 Å². The molecule has 0 bridgehead atoms. The van der Waals surface area contributed by atoms with Crippen molar-refractivity contribution in [2.24, 2.45) is 5.84 Å². The molecule has 0 spiro atoms. The number of halogens is 1. The SMILES string of the molecule is C/C=C\n1c(C)nc(-c2ccc(F)cc2)c1-c1ccnc(N(N)CCN2CCCCC2)n1.